The van der Waals surface area contributed by atoms with Crippen LogP contribution in [0.15, 0.2) is 18.2 Å². The molecule has 5 heteroatoms. The fourth-order valence-electron chi connectivity index (χ4n) is 1.38. The predicted octanol–water partition coefficient (Wildman–Crippen LogP) is 2.00. The van der Waals surface area contributed by atoms with Crippen molar-refractivity contribution in [1.29, 1.82) is 0 Å². The summed E-state index contributed by atoms with van der Waals surface area (Å²) in [5.41, 5.74) is 0.643. The Labute approximate surface area is 104 Å². The van der Waals surface area contributed by atoms with Crippen LogP contribution in [0.1, 0.15) is 5.56 Å². The van der Waals surface area contributed by atoms with Crippen molar-refractivity contribution in [2.45, 2.75) is 6.54 Å². The first kappa shape index (κ1) is 13.5. The second-order valence-corrected chi connectivity index (χ2v) is 3.89. The third kappa shape index (κ3) is 4.43. The van der Waals surface area contributed by atoms with Gasteiger partial charge in [0.15, 0.2) is 0 Å². The molecule has 3 nitrogen and oxygen atoms in total. The van der Waals surface area contributed by atoms with Crippen LogP contribution in [-0.2, 0) is 11.3 Å². The molecule has 0 saturated carbocycles. The van der Waals surface area contributed by atoms with Crippen molar-refractivity contribution < 1.29 is 14.3 Å². The fourth-order valence-corrected chi connectivity index (χ4v) is 1.61. The number of carboxylic acid groups (broad SMARTS) is 1. The Hall–Kier alpha value is -1.57. The molecule has 17 heavy (non-hydrogen) atoms. The second kappa shape index (κ2) is 6.24. The molecule has 0 atom stereocenters. The smallest absolute Gasteiger partial charge is 0.317 e. The van der Waals surface area contributed by atoms with Crippen molar-refractivity contribution in [2.24, 2.45) is 0 Å². The molecule has 0 aliphatic heterocycles. The summed E-state index contributed by atoms with van der Waals surface area (Å²) in [5, 5.41) is 8.96. The largest absolute Gasteiger partial charge is 0.480 e. The number of hydrogen-bond donors (Lipinski definition) is 1. The molecule has 0 fully saturated rings. The zero-order valence-corrected chi connectivity index (χ0v) is 9.75. The molecule has 0 unspecified atom stereocenters. The molecular weight excluding hydrogens is 245 g/mol. The lowest BCUT2D eigenvalue weighted by Crippen LogP contribution is -2.29. The third-order valence-electron chi connectivity index (χ3n) is 2.08. The van der Waals surface area contributed by atoms with Gasteiger partial charge in [-0.3, -0.25) is 9.69 Å². The Morgan fingerprint density at radius 3 is 2.82 bits per heavy atom. The third-order valence-corrected chi connectivity index (χ3v) is 2.43. The van der Waals surface area contributed by atoms with Gasteiger partial charge in [0.25, 0.3) is 0 Å². The summed E-state index contributed by atoms with van der Waals surface area (Å²) in [4.78, 5) is 12.1. The Bertz CT molecular complexity index is 456. The molecule has 0 radical (unpaired) electrons. The van der Waals surface area contributed by atoms with Crippen LogP contribution in [0.25, 0.3) is 0 Å². The lowest BCUT2D eigenvalue weighted by Gasteiger charge is -2.18. The highest BCUT2D eigenvalue weighted by molar-refractivity contribution is 6.31. The molecular formula is C12H11ClFNO2. The number of terminal acetylenes is 1. The molecule has 0 heterocycles. The van der Waals surface area contributed by atoms with E-state index in [1.807, 2.05) is 0 Å². The van der Waals surface area contributed by atoms with Gasteiger partial charge >= 0.3 is 5.97 Å². The summed E-state index contributed by atoms with van der Waals surface area (Å²) in [6.45, 7) is 0.285. The van der Waals surface area contributed by atoms with Crippen LogP contribution in [-0.4, -0.2) is 29.1 Å². The summed E-state index contributed by atoms with van der Waals surface area (Å²) >= 11 is 5.84. The van der Waals surface area contributed by atoms with Crippen molar-refractivity contribution in [3.05, 3.63) is 34.6 Å². The summed E-state index contributed by atoms with van der Waals surface area (Å²) < 4.78 is 12.8. The summed E-state index contributed by atoms with van der Waals surface area (Å²) in [6, 6.07) is 3.98. The summed E-state index contributed by atoms with van der Waals surface area (Å²) in [6.07, 6.45) is 5.14. The minimum absolute atomic E-state index is 0.183. The van der Waals surface area contributed by atoms with E-state index in [9.17, 15) is 9.18 Å². The van der Waals surface area contributed by atoms with E-state index in [0.717, 1.165) is 0 Å². The molecule has 90 valence electrons. The van der Waals surface area contributed by atoms with Crippen LogP contribution in [0.2, 0.25) is 5.02 Å². The zero-order chi connectivity index (χ0) is 12.8. The lowest BCUT2D eigenvalue weighted by molar-refractivity contribution is -0.138. The number of nitrogens with zero attached hydrogens (tertiary/aromatic N) is 1. The average molecular weight is 256 g/mol. The van der Waals surface area contributed by atoms with Crippen LogP contribution in [0, 0.1) is 18.2 Å². The molecule has 0 amide bonds. The topological polar surface area (TPSA) is 40.5 Å². The predicted molar refractivity (Wildman–Crippen MR) is 63.2 cm³/mol. The Morgan fingerprint density at radius 1 is 1.59 bits per heavy atom. The SMILES string of the molecule is C#CCN(CC(=O)O)Cc1ccc(F)cc1Cl. The maximum atomic E-state index is 12.8. The van der Waals surface area contributed by atoms with Gasteiger partial charge in [-0.2, -0.15) is 0 Å². The van der Waals surface area contributed by atoms with Crippen LogP contribution in [0.4, 0.5) is 4.39 Å². The Balaban J connectivity index is 2.78. The zero-order valence-electron chi connectivity index (χ0n) is 8.99. The number of benzene rings is 1. The van der Waals surface area contributed by atoms with Crippen LogP contribution in [0.3, 0.4) is 0 Å². The number of carbonyl (C=O) groups is 1. The van der Waals surface area contributed by atoms with E-state index in [1.54, 1.807) is 0 Å². The van der Waals surface area contributed by atoms with Crippen molar-refractivity contribution in [2.75, 3.05) is 13.1 Å². The van der Waals surface area contributed by atoms with Crippen LogP contribution in [0.5, 0.6) is 0 Å². The van der Waals surface area contributed by atoms with Gasteiger partial charge in [-0.05, 0) is 17.7 Å². The highest BCUT2D eigenvalue weighted by atomic mass is 35.5. The number of carboxylic acids is 1. The second-order valence-electron chi connectivity index (χ2n) is 3.48. The Morgan fingerprint density at radius 2 is 2.29 bits per heavy atom. The molecule has 1 aromatic rings. The maximum absolute atomic E-state index is 12.8. The normalized spacial score (nSPS) is 10.2. The fraction of sp³-hybridized carbons (Fsp3) is 0.250. The van der Waals surface area contributed by atoms with Crippen molar-refractivity contribution in [3.63, 3.8) is 0 Å². The Kier molecular flexibility index (Phi) is 4.95. The van der Waals surface area contributed by atoms with Crippen molar-refractivity contribution in [1.82, 2.24) is 4.90 Å². The molecule has 0 bridgehead atoms. The molecule has 0 aliphatic rings. The number of rotatable bonds is 5. The monoisotopic (exact) mass is 255 g/mol. The van der Waals surface area contributed by atoms with Gasteiger partial charge in [0.1, 0.15) is 5.82 Å². The first-order chi connectivity index (χ1) is 8.02. The van der Waals surface area contributed by atoms with Gasteiger partial charge in [-0.1, -0.05) is 23.6 Å². The molecule has 0 aromatic heterocycles. The molecule has 0 aliphatic carbocycles. The highest BCUT2D eigenvalue weighted by Gasteiger charge is 2.11. The quantitative estimate of drug-likeness (QED) is 0.818. The van der Waals surface area contributed by atoms with E-state index in [-0.39, 0.29) is 24.7 Å². The van der Waals surface area contributed by atoms with Crippen molar-refractivity contribution >= 4 is 17.6 Å². The standard InChI is InChI=1S/C12H11ClFNO2/c1-2-5-15(8-12(16)17)7-9-3-4-10(14)6-11(9)13/h1,3-4,6H,5,7-8H2,(H,16,17). The maximum Gasteiger partial charge on any atom is 0.317 e. The van der Waals surface area contributed by atoms with E-state index in [4.69, 9.17) is 23.1 Å². The number of halogens is 2. The molecule has 1 aromatic carbocycles. The van der Waals surface area contributed by atoms with Gasteiger partial charge in [0.2, 0.25) is 0 Å². The van der Waals surface area contributed by atoms with Gasteiger partial charge < -0.3 is 5.11 Å². The highest BCUT2D eigenvalue weighted by Crippen LogP contribution is 2.18. The van der Waals surface area contributed by atoms with Gasteiger partial charge in [0.05, 0.1) is 13.1 Å². The summed E-state index contributed by atoms with van der Waals surface area (Å²) in [5.74, 6) is 0.966. The van der Waals surface area contributed by atoms with Gasteiger partial charge in [-0.25, -0.2) is 4.39 Å². The van der Waals surface area contributed by atoms with E-state index in [2.05, 4.69) is 5.92 Å². The van der Waals surface area contributed by atoms with Gasteiger partial charge in [-0.15, -0.1) is 6.42 Å². The first-order valence-electron chi connectivity index (χ1n) is 4.84. The van der Waals surface area contributed by atoms with Gasteiger partial charge in [0, 0.05) is 11.6 Å². The van der Waals surface area contributed by atoms with E-state index < -0.39 is 11.8 Å². The first-order valence-corrected chi connectivity index (χ1v) is 5.22. The molecule has 1 N–H and O–H groups in total. The van der Waals surface area contributed by atoms with Crippen LogP contribution < -0.4 is 0 Å². The average Bonchev–Trinajstić information content (AvgIpc) is 2.21. The van der Waals surface area contributed by atoms with Crippen molar-refractivity contribution in [3.8, 4) is 12.3 Å². The molecule has 1 rings (SSSR count). The minimum Gasteiger partial charge on any atom is -0.480 e. The molecule has 0 spiro atoms. The van der Waals surface area contributed by atoms with Crippen LogP contribution >= 0.6 is 11.6 Å². The number of aliphatic carboxylic acids is 1. The van der Waals surface area contributed by atoms with E-state index >= 15 is 0 Å². The summed E-state index contributed by atoms with van der Waals surface area (Å²) in [7, 11) is 0. The lowest BCUT2D eigenvalue weighted by atomic mass is 10.2. The molecule has 0 saturated heterocycles. The minimum atomic E-state index is -0.974. The van der Waals surface area contributed by atoms with E-state index in [1.165, 1.54) is 23.1 Å². The number of hydrogen-bond acceptors (Lipinski definition) is 2. The van der Waals surface area contributed by atoms with E-state index in [0.29, 0.717) is 5.56 Å².